The van der Waals surface area contributed by atoms with Gasteiger partial charge in [-0.3, -0.25) is 9.59 Å². The number of unbranched alkanes of at least 4 members (excludes halogenated alkanes) is 16. The highest BCUT2D eigenvalue weighted by molar-refractivity contribution is 5.93. The Kier molecular flexibility index (Phi) is 28.9. The number of carbonyl (C=O) groups excluding carboxylic acids is 3. The third-order valence-electron chi connectivity index (χ3n) is 10.3. The third kappa shape index (κ3) is 25.3. The maximum absolute atomic E-state index is 13.4. The summed E-state index contributed by atoms with van der Waals surface area (Å²) < 4.78 is 17.2. The van der Waals surface area contributed by atoms with Crippen LogP contribution in [0.3, 0.4) is 0 Å². The summed E-state index contributed by atoms with van der Waals surface area (Å²) in [5.74, 6) is -0.0518. The first-order valence-corrected chi connectivity index (χ1v) is 22.6. The minimum atomic E-state index is -0.453. The van der Waals surface area contributed by atoms with Gasteiger partial charge in [0.25, 0.3) is 0 Å². The summed E-state index contributed by atoms with van der Waals surface area (Å²) in [6.45, 7) is 6.33. The molecule has 0 amide bonds. The lowest BCUT2D eigenvalue weighted by Crippen LogP contribution is -2.19. The molecule has 0 aliphatic heterocycles. The van der Waals surface area contributed by atoms with E-state index in [0.717, 1.165) is 134 Å². The number of rotatable bonds is 34. The number of aliphatic hydroxyl groups is 1. The summed E-state index contributed by atoms with van der Waals surface area (Å²) in [5, 5.41) is 10.1. The fourth-order valence-corrected chi connectivity index (χ4v) is 6.77. The second-order valence-corrected chi connectivity index (χ2v) is 15.6. The Morgan fingerprint density at radius 2 is 1.05 bits per heavy atom. The maximum atomic E-state index is 13.4. The van der Waals surface area contributed by atoms with Gasteiger partial charge >= 0.3 is 17.9 Å². The Labute approximate surface area is 346 Å². The average molecular weight is 789 g/mol. The zero-order valence-corrected chi connectivity index (χ0v) is 35.9. The topological polar surface area (TPSA) is 99.1 Å². The van der Waals surface area contributed by atoms with Gasteiger partial charge in [-0.05, 0) is 94.9 Å². The van der Waals surface area contributed by atoms with Crippen molar-refractivity contribution in [3.8, 4) is 11.5 Å². The van der Waals surface area contributed by atoms with Crippen molar-refractivity contribution in [2.24, 2.45) is 0 Å². The highest BCUT2D eigenvalue weighted by Crippen LogP contribution is 2.23. The molecule has 57 heavy (non-hydrogen) atoms. The van der Waals surface area contributed by atoms with Gasteiger partial charge in [-0.1, -0.05) is 152 Å². The minimum Gasteiger partial charge on any atom is -0.458 e. The Hall–Kier alpha value is -3.71. The summed E-state index contributed by atoms with van der Waals surface area (Å²) in [7, 11) is 0. The predicted octanol–water partition coefficient (Wildman–Crippen LogP) is 13.7. The van der Waals surface area contributed by atoms with Gasteiger partial charge in [-0.15, -0.1) is 0 Å². The van der Waals surface area contributed by atoms with E-state index in [1.165, 1.54) is 19.3 Å². The monoisotopic (exact) mass is 789 g/mol. The highest BCUT2D eigenvalue weighted by Gasteiger charge is 2.20. The van der Waals surface area contributed by atoms with Crippen molar-refractivity contribution >= 4 is 17.9 Å². The summed E-state index contributed by atoms with van der Waals surface area (Å²) in [5.41, 5.74) is 1.25. The van der Waals surface area contributed by atoms with Crippen LogP contribution in [0.15, 0.2) is 72.8 Å². The first kappa shape index (κ1) is 49.4. The van der Waals surface area contributed by atoms with E-state index in [1.807, 2.05) is 31.2 Å². The molecule has 2 aromatic carbocycles. The van der Waals surface area contributed by atoms with Crippen LogP contribution >= 0.6 is 0 Å². The maximum Gasteiger partial charge on any atom is 0.342 e. The molecule has 0 aromatic heterocycles. The zero-order valence-electron chi connectivity index (χ0n) is 35.9. The van der Waals surface area contributed by atoms with Crippen LogP contribution in [-0.2, 0) is 14.3 Å². The number of benzene rings is 2. The lowest BCUT2D eigenvalue weighted by atomic mass is 10.1. The van der Waals surface area contributed by atoms with Crippen LogP contribution in [-0.4, -0.2) is 35.2 Å². The molecular formula is C50H76O7. The van der Waals surface area contributed by atoms with Gasteiger partial charge < -0.3 is 19.3 Å². The number of allylic oxidation sites excluding steroid dienone is 2. The molecule has 2 atom stereocenters. The number of carbonyl (C=O) groups is 3. The number of ether oxygens (including phenoxy) is 3. The molecule has 0 aliphatic carbocycles. The highest BCUT2D eigenvalue weighted by atomic mass is 16.6. The molecule has 0 heterocycles. The molecule has 2 aromatic rings. The van der Waals surface area contributed by atoms with Crippen molar-refractivity contribution in [3.05, 3.63) is 84.0 Å². The molecule has 2 rings (SSSR count). The SMILES string of the molecule is CCCCCCC(O)C/C=C\CCCCCCCC(=O)Oc1ccccc1C(=O)OC(C/C=C\CCCCCCCC(=O)Oc1ccccc1C)CCCCCC. The van der Waals surface area contributed by atoms with Crippen LogP contribution in [0.25, 0.3) is 0 Å². The molecule has 0 radical (unpaired) electrons. The Morgan fingerprint density at radius 3 is 1.67 bits per heavy atom. The average Bonchev–Trinajstić information content (AvgIpc) is 3.20. The van der Waals surface area contributed by atoms with E-state index in [0.29, 0.717) is 25.0 Å². The van der Waals surface area contributed by atoms with Crippen LogP contribution in [0.5, 0.6) is 11.5 Å². The molecule has 7 heteroatoms. The molecule has 0 bridgehead atoms. The van der Waals surface area contributed by atoms with Crippen molar-refractivity contribution in [2.75, 3.05) is 0 Å². The van der Waals surface area contributed by atoms with Gasteiger partial charge in [0.1, 0.15) is 23.2 Å². The standard InChI is InChI=1S/C50H76O7/c1-4-6-8-22-33-43(51)34-23-18-14-10-12-16-21-27-41-49(53)57-47-39-31-29-37-45(47)50(54)55-44(35-24-9-7-5-2)36-25-19-15-11-13-17-20-26-40-48(52)56-46-38-30-28-32-42(46)3/h18-19,23,25,28-32,37-39,43-44,51H,4-17,20-22,24,26-27,33-36,40-41H2,1-3H3/b23-18-,25-19-. The van der Waals surface area contributed by atoms with Crippen LogP contribution in [0, 0.1) is 6.92 Å². The molecular weight excluding hydrogens is 713 g/mol. The number of aryl methyl sites for hydroxylation is 1. The van der Waals surface area contributed by atoms with Gasteiger partial charge in [0.05, 0.1) is 6.10 Å². The first-order valence-electron chi connectivity index (χ1n) is 22.6. The van der Waals surface area contributed by atoms with E-state index in [2.05, 4.69) is 38.2 Å². The molecule has 0 saturated heterocycles. The number of hydrogen-bond acceptors (Lipinski definition) is 7. The van der Waals surface area contributed by atoms with Crippen LogP contribution in [0.4, 0.5) is 0 Å². The lowest BCUT2D eigenvalue weighted by Gasteiger charge is -2.18. The number of para-hydroxylation sites is 2. The first-order chi connectivity index (χ1) is 27.8. The zero-order chi connectivity index (χ0) is 41.2. The second kappa shape index (κ2) is 33.3. The Balaban J connectivity index is 1.66. The van der Waals surface area contributed by atoms with Crippen molar-refractivity contribution in [1.82, 2.24) is 0 Å². The van der Waals surface area contributed by atoms with E-state index in [9.17, 15) is 19.5 Å². The van der Waals surface area contributed by atoms with Crippen molar-refractivity contribution in [2.45, 2.75) is 200 Å². The van der Waals surface area contributed by atoms with Gasteiger partial charge in [0.2, 0.25) is 0 Å². The van der Waals surface area contributed by atoms with Crippen molar-refractivity contribution in [3.63, 3.8) is 0 Å². The quantitative estimate of drug-likeness (QED) is 0.0326. The van der Waals surface area contributed by atoms with Crippen LogP contribution < -0.4 is 9.47 Å². The fourth-order valence-electron chi connectivity index (χ4n) is 6.77. The van der Waals surface area contributed by atoms with Gasteiger partial charge in [-0.2, -0.15) is 0 Å². The summed E-state index contributed by atoms with van der Waals surface area (Å²) in [4.78, 5) is 38.3. The number of esters is 3. The number of hydrogen-bond donors (Lipinski definition) is 1. The Bertz CT molecular complexity index is 1410. The van der Waals surface area contributed by atoms with Crippen molar-refractivity contribution < 1.29 is 33.7 Å². The molecule has 0 saturated carbocycles. The molecule has 2 unspecified atom stereocenters. The molecule has 7 nitrogen and oxygen atoms in total. The third-order valence-corrected chi connectivity index (χ3v) is 10.3. The molecule has 0 fully saturated rings. The van der Waals surface area contributed by atoms with Gasteiger partial charge in [-0.25, -0.2) is 4.79 Å². The van der Waals surface area contributed by atoms with Crippen LogP contribution in [0.1, 0.15) is 197 Å². The summed E-state index contributed by atoms with van der Waals surface area (Å²) >= 11 is 0. The molecule has 0 spiro atoms. The smallest absolute Gasteiger partial charge is 0.342 e. The lowest BCUT2D eigenvalue weighted by molar-refractivity contribution is -0.135. The van der Waals surface area contributed by atoms with E-state index >= 15 is 0 Å². The van der Waals surface area contributed by atoms with E-state index in [1.54, 1.807) is 24.3 Å². The molecule has 318 valence electrons. The summed E-state index contributed by atoms with van der Waals surface area (Å²) in [6.07, 6.45) is 33.2. The second-order valence-electron chi connectivity index (χ2n) is 15.6. The van der Waals surface area contributed by atoms with E-state index in [-0.39, 0.29) is 35.5 Å². The van der Waals surface area contributed by atoms with Gasteiger partial charge in [0, 0.05) is 19.3 Å². The molecule has 1 N–H and O–H groups in total. The Morgan fingerprint density at radius 1 is 0.561 bits per heavy atom. The van der Waals surface area contributed by atoms with Crippen molar-refractivity contribution in [1.29, 1.82) is 0 Å². The van der Waals surface area contributed by atoms with E-state index < -0.39 is 5.97 Å². The largest absolute Gasteiger partial charge is 0.458 e. The number of aliphatic hydroxyl groups excluding tert-OH is 1. The minimum absolute atomic E-state index is 0.171. The van der Waals surface area contributed by atoms with Gasteiger partial charge in [0.15, 0.2) is 0 Å². The fraction of sp³-hybridized carbons (Fsp3) is 0.620. The van der Waals surface area contributed by atoms with E-state index in [4.69, 9.17) is 14.2 Å². The normalized spacial score (nSPS) is 12.6. The molecule has 0 aliphatic rings. The van der Waals surface area contributed by atoms with Crippen LogP contribution in [0.2, 0.25) is 0 Å². The predicted molar refractivity (Wildman–Crippen MR) is 234 cm³/mol. The summed E-state index contributed by atoms with van der Waals surface area (Å²) in [6, 6.07) is 14.5.